The third-order valence-electron chi connectivity index (χ3n) is 1.31. The molecule has 6 nitrogen and oxygen atoms in total. The molecule has 0 fully saturated rings. The maximum absolute atomic E-state index is 10.3. The summed E-state index contributed by atoms with van der Waals surface area (Å²) in [5.41, 5.74) is 5.37. The van der Waals surface area contributed by atoms with Crippen molar-refractivity contribution in [3.63, 3.8) is 0 Å². The highest BCUT2D eigenvalue weighted by molar-refractivity contribution is 5.56. The molecule has 0 spiro atoms. The molecular formula is C6H7N3O3. The fourth-order valence-electron chi connectivity index (χ4n) is 0.777. The first-order valence-corrected chi connectivity index (χ1v) is 3.06. The van der Waals surface area contributed by atoms with Crippen LogP contribution in [0.25, 0.3) is 0 Å². The van der Waals surface area contributed by atoms with Crippen LogP contribution in [0.2, 0.25) is 0 Å². The molecule has 0 bridgehead atoms. The van der Waals surface area contributed by atoms with Crippen LogP contribution in [0.5, 0.6) is 5.75 Å². The highest BCUT2D eigenvalue weighted by Crippen LogP contribution is 2.27. The van der Waals surface area contributed by atoms with Crippen molar-refractivity contribution in [2.24, 2.45) is 5.90 Å². The van der Waals surface area contributed by atoms with Crippen LogP contribution in [0.4, 0.5) is 11.4 Å². The Morgan fingerprint density at radius 3 is 2.67 bits per heavy atom. The summed E-state index contributed by atoms with van der Waals surface area (Å²) in [4.78, 5) is 14.0. The van der Waals surface area contributed by atoms with E-state index in [4.69, 9.17) is 11.6 Å². The van der Waals surface area contributed by atoms with Gasteiger partial charge in [-0.15, -0.1) is 0 Å². The second-order valence-electron chi connectivity index (χ2n) is 2.10. The molecule has 0 aliphatic carbocycles. The molecule has 0 aliphatic rings. The maximum Gasteiger partial charge on any atom is 0.315 e. The van der Waals surface area contributed by atoms with E-state index in [-0.39, 0.29) is 11.4 Å². The lowest BCUT2D eigenvalue weighted by atomic mass is 10.2. The van der Waals surface area contributed by atoms with Gasteiger partial charge in [0.05, 0.1) is 4.92 Å². The van der Waals surface area contributed by atoms with Gasteiger partial charge < -0.3 is 10.6 Å². The van der Waals surface area contributed by atoms with Crippen LogP contribution >= 0.6 is 0 Å². The molecule has 0 saturated carbocycles. The first-order chi connectivity index (χ1) is 5.65. The summed E-state index contributed by atoms with van der Waals surface area (Å²) in [6.07, 6.45) is 0. The van der Waals surface area contributed by atoms with Crippen LogP contribution in [-0.2, 0) is 0 Å². The predicted molar refractivity (Wildman–Crippen MR) is 42.3 cm³/mol. The third kappa shape index (κ3) is 1.43. The molecule has 0 aliphatic heterocycles. The number of hydrogen-bond acceptors (Lipinski definition) is 5. The van der Waals surface area contributed by atoms with E-state index in [1.807, 2.05) is 0 Å². The molecule has 0 atom stereocenters. The van der Waals surface area contributed by atoms with Crippen molar-refractivity contribution in [1.82, 2.24) is 0 Å². The Labute approximate surface area is 67.8 Å². The molecular weight excluding hydrogens is 162 g/mol. The molecule has 0 radical (unpaired) electrons. The molecule has 12 heavy (non-hydrogen) atoms. The average molecular weight is 169 g/mol. The Hall–Kier alpha value is -1.82. The number of anilines is 1. The van der Waals surface area contributed by atoms with Gasteiger partial charge in [0.2, 0.25) is 5.75 Å². The maximum atomic E-state index is 10.3. The highest BCUT2D eigenvalue weighted by Gasteiger charge is 2.14. The average Bonchev–Trinajstić information content (AvgIpc) is 2.04. The van der Waals surface area contributed by atoms with Gasteiger partial charge in [-0.25, -0.2) is 0 Å². The summed E-state index contributed by atoms with van der Waals surface area (Å²) in [5, 5.41) is 10.3. The first kappa shape index (κ1) is 8.28. The smallest absolute Gasteiger partial charge is 0.315 e. The monoisotopic (exact) mass is 169 g/mol. The largest absolute Gasteiger partial charge is 0.404 e. The molecule has 0 saturated heterocycles. The number of nitrogens with zero attached hydrogens (tertiary/aromatic N) is 1. The van der Waals surface area contributed by atoms with Crippen molar-refractivity contribution < 1.29 is 9.76 Å². The predicted octanol–water partition coefficient (Wildman–Crippen LogP) is 0.429. The zero-order chi connectivity index (χ0) is 9.14. The van der Waals surface area contributed by atoms with E-state index in [2.05, 4.69) is 4.84 Å². The minimum Gasteiger partial charge on any atom is -0.404 e. The van der Waals surface area contributed by atoms with Crippen LogP contribution in [0.15, 0.2) is 18.2 Å². The standard InChI is InChI=1S/C6H7N3O3/c7-4-1-2-6(12-8)5(3-4)9(10)11/h1-3H,7-8H2. The number of nitrogen functional groups attached to an aromatic ring is 1. The topological polar surface area (TPSA) is 104 Å². The lowest BCUT2D eigenvalue weighted by Crippen LogP contribution is -2.04. The van der Waals surface area contributed by atoms with E-state index in [1.165, 1.54) is 18.2 Å². The number of nitro benzene ring substituents is 1. The Kier molecular flexibility index (Phi) is 2.11. The van der Waals surface area contributed by atoms with Crippen molar-refractivity contribution in [3.05, 3.63) is 28.3 Å². The summed E-state index contributed by atoms with van der Waals surface area (Å²) < 4.78 is 0. The Balaban J connectivity index is 3.21. The Morgan fingerprint density at radius 1 is 1.50 bits per heavy atom. The normalized spacial score (nSPS) is 9.42. The van der Waals surface area contributed by atoms with Crippen LogP contribution < -0.4 is 16.5 Å². The van der Waals surface area contributed by atoms with Gasteiger partial charge in [-0.2, -0.15) is 5.90 Å². The number of benzene rings is 1. The van der Waals surface area contributed by atoms with Crippen LogP contribution in [0.1, 0.15) is 0 Å². The van der Waals surface area contributed by atoms with Crippen molar-refractivity contribution in [1.29, 1.82) is 0 Å². The number of nitrogens with two attached hydrogens (primary N) is 2. The van der Waals surface area contributed by atoms with Crippen molar-refractivity contribution in [2.75, 3.05) is 5.73 Å². The van der Waals surface area contributed by atoms with Gasteiger partial charge in [-0.1, -0.05) is 0 Å². The molecule has 1 aromatic rings. The quantitative estimate of drug-likeness (QED) is 0.379. The van der Waals surface area contributed by atoms with E-state index < -0.39 is 4.92 Å². The molecule has 6 heteroatoms. The second kappa shape index (κ2) is 3.05. The minimum atomic E-state index is -0.613. The van der Waals surface area contributed by atoms with Gasteiger partial charge in [-0.3, -0.25) is 10.1 Å². The van der Waals surface area contributed by atoms with Gasteiger partial charge in [0.15, 0.2) is 0 Å². The fourth-order valence-corrected chi connectivity index (χ4v) is 0.777. The third-order valence-corrected chi connectivity index (χ3v) is 1.31. The molecule has 1 rings (SSSR count). The van der Waals surface area contributed by atoms with E-state index in [9.17, 15) is 10.1 Å². The number of rotatable bonds is 2. The van der Waals surface area contributed by atoms with Crippen LogP contribution in [0, 0.1) is 10.1 Å². The molecule has 0 aromatic heterocycles. The Bertz CT molecular complexity index is 313. The highest BCUT2D eigenvalue weighted by atomic mass is 16.6. The van der Waals surface area contributed by atoms with Crippen LogP contribution in [-0.4, -0.2) is 4.92 Å². The van der Waals surface area contributed by atoms with Gasteiger partial charge in [-0.05, 0) is 12.1 Å². The van der Waals surface area contributed by atoms with E-state index >= 15 is 0 Å². The summed E-state index contributed by atoms with van der Waals surface area (Å²) in [6.45, 7) is 0. The lowest BCUT2D eigenvalue weighted by Gasteiger charge is -1.99. The summed E-state index contributed by atoms with van der Waals surface area (Å²) in [6, 6.07) is 3.99. The number of hydrogen-bond donors (Lipinski definition) is 2. The van der Waals surface area contributed by atoms with Gasteiger partial charge in [0.1, 0.15) is 0 Å². The SMILES string of the molecule is NOc1ccc(N)cc1[N+](=O)[O-]. The van der Waals surface area contributed by atoms with Crippen molar-refractivity contribution in [3.8, 4) is 5.75 Å². The van der Waals surface area contributed by atoms with Gasteiger partial charge in [0.25, 0.3) is 0 Å². The summed E-state index contributed by atoms with van der Waals surface area (Å²) in [7, 11) is 0. The number of nitro groups is 1. The van der Waals surface area contributed by atoms with Gasteiger partial charge in [0, 0.05) is 11.8 Å². The van der Waals surface area contributed by atoms with E-state index in [0.717, 1.165) is 0 Å². The van der Waals surface area contributed by atoms with Gasteiger partial charge >= 0.3 is 5.69 Å². The minimum absolute atomic E-state index is 0.00537. The zero-order valence-corrected chi connectivity index (χ0v) is 6.06. The fraction of sp³-hybridized carbons (Fsp3) is 0. The molecule has 0 unspecified atom stereocenters. The molecule has 0 heterocycles. The molecule has 0 amide bonds. The van der Waals surface area contributed by atoms with Crippen LogP contribution in [0.3, 0.4) is 0 Å². The van der Waals surface area contributed by atoms with Crippen molar-refractivity contribution >= 4 is 11.4 Å². The summed E-state index contributed by atoms with van der Waals surface area (Å²) >= 11 is 0. The first-order valence-electron chi connectivity index (χ1n) is 3.06. The summed E-state index contributed by atoms with van der Waals surface area (Å²) in [5.74, 6) is 4.79. The molecule has 4 N–H and O–H groups in total. The second-order valence-corrected chi connectivity index (χ2v) is 2.10. The zero-order valence-electron chi connectivity index (χ0n) is 6.06. The lowest BCUT2D eigenvalue weighted by molar-refractivity contribution is -0.385. The van der Waals surface area contributed by atoms with E-state index in [1.54, 1.807) is 0 Å². The molecule has 1 aromatic carbocycles. The Morgan fingerprint density at radius 2 is 2.17 bits per heavy atom. The molecule has 64 valence electrons. The van der Waals surface area contributed by atoms with E-state index in [0.29, 0.717) is 5.69 Å². The van der Waals surface area contributed by atoms with Crippen molar-refractivity contribution in [2.45, 2.75) is 0 Å².